The van der Waals surface area contributed by atoms with Gasteiger partial charge in [-0.15, -0.1) is 0 Å². The molecule has 0 amide bonds. The third kappa shape index (κ3) is 13.1. The Bertz CT molecular complexity index is 293. The van der Waals surface area contributed by atoms with Gasteiger partial charge in [0.25, 0.3) is 0 Å². The minimum atomic E-state index is -0.319. The van der Waals surface area contributed by atoms with Crippen LogP contribution in [0.5, 0.6) is 0 Å². The maximum atomic E-state index is 9.88. The Balaban J connectivity index is 2.29. The Hall–Kier alpha value is -0.120. The minimum absolute atomic E-state index is 0.316. The number of hydrogen-bond acceptors (Lipinski definition) is 3. The molecule has 1 rings (SSSR count). The van der Waals surface area contributed by atoms with Gasteiger partial charge in [0, 0.05) is 0 Å². The number of nitrogens with zero attached hydrogens (tertiary/aromatic N) is 1. The van der Waals surface area contributed by atoms with Gasteiger partial charge in [-0.1, -0.05) is 77.0 Å². The van der Waals surface area contributed by atoms with Crippen LogP contribution in [0.25, 0.3) is 0 Å². The molecule has 1 saturated carbocycles. The molecule has 3 heteroatoms. The summed E-state index contributed by atoms with van der Waals surface area (Å²) in [5.74, 6) is 0. The SMILES string of the molecule is CC(CCC[C@H](O)N(C)C)OC1CCCCCCCCCCCCCC1. The van der Waals surface area contributed by atoms with Gasteiger partial charge in [-0.05, 0) is 53.1 Å². The zero-order valence-corrected chi connectivity index (χ0v) is 18.1. The first-order valence-corrected chi connectivity index (χ1v) is 11.6. The van der Waals surface area contributed by atoms with E-state index in [1.807, 2.05) is 19.0 Å². The largest absolute Gasteiger partial charge is 0.378 e. The lowest BCUT2D eigenvalue weighted by Crippen LogP contribution is -2.27. The third-order valence-corrected chi connectivity index (χ3v) is 5.90. The van der Waals surface area contributed by atoms with E-state index in [-0.39, 0.29) is 6.23 Å². The minimum Gasteiger partial charge on any atom is -0.378 e. The Morgan fingerprint density at radius 1 is 0.769 bits per heavy atom. The second-order valence-corrected chi connectivity index (χ2v) is 8.76. The summed E-state index contributed by atoms with van der Waals surface area (Å²) < 4.78 is 6.42. The molecule has 0 heterocycles. The molecule has 0 aliphatic heterocycles. The number of aliphatic hydroxyl groups excluding tert-OH is 1. The van der Waals surface area contributed by atoms with Gasteiger partial charge in [-0.2, -0.15) is 0 Å². The molecule has 3 nitrogen and oxygen atoms in total. The highest BCUT2D eigenvalue weighted by Gasteiger charge is 2.14. The third-order valence-electron chi connectivity index (χ3n) is 5.90. The van der Waals surface area contributed by atoms with Crippen molar-refractivity contribution in [1.82, 2.24) is 4.90 Å². The molecule has 0 bridgehead atoms. The van der Waals surface area contributed by atoms with E-state index in [0.29, 0.717) is 12.2 Å². The molecule has 1 aliphatic rings. The van der Waals surface area contributed by atoms with Gasteiger partial charge in [0.15, 0.2) is 0 Å². The number of rotatable bonds is 7. The monoisotopic (exact) mass is 369 g/mol. The van der Waals surface area contributed by atoms with Crippen LogP contribution in [0.1, 0.15) is 116 Å². The predicted molar refractivity (Wildman–Crippen MR) is 113 cm³/mol. The Kier molecular flexibility index (Phi) is 14.6. The van der Waals surface area contributed by atoms with Crippen LogP contribution in [0.4, 0.5) is 0 Å². The first-order valence-electron chi connectivity index (χ1n) is 11.6. The summed E-state index contributed by atoms with van der Waals surface area (Å²) in [6.07, 6.45) is 22.7. The van der Waals surface area contributed by atoms with Crippen molar-refractivity contribution in [3.05, 3.63) is 0 Å². The Morgan fingerprint density at radius 3 is 1.62 bits per heavy atom. The standard InChI is InChI=1S/C23H47NO2/c1-21(17-16-20-23(25)24(2)3)26-22-18-14-12-10-8-6-4-5-7-9-11-13-15-19-22/h21-23,25H,4-20H2,1-3H3/t21?,23-/m0/s1. The molecule has 0 aromatic carbocycles. The van der Waals surface area contributed by atoms with Crippen LogP contribution in [0, 0.1) is 0 Å². The summed E-state index contributed by atoms with van der Waals surface area (Å²) in [4.78, 5) is 1.88. The van der Waals surface area contributed by atoms with Crippen LogP contribution in [-0.2, 0) is 4.74 Å². The van der Waals surface area contributed by atoms with Crippen LogP contribution >= 0.6 is 0 Å². The van der Waals surface area contributed by atoms with E-state index >= 15 is 0 Å². The normalized spacial score (nSPS) is 22.5. The van der Waals surface area contributed by atoms with Crippen molar-refractivity contribution in [1.29, 1.82) is 0 Å². The summed E-state index contributed by atoms with van der Waals surface area (Å²) in [5, 5.41) is 9.88. The van der Waals surface area contributed by atoms with Crippen molar-refractivity contribution < 1.29 is 9.84 Å². The van der Waals surface area contributed by atoms with E-state index in [9.17, 15) is 5.11 Å². The fraction of sp³-hybridized carbons (Fsp3) is 1.00. The average molecular weight is 370 g/mol. The van der Waals surface area contributed by atoms with Gasteiger partial charge in [0.1, 0.15) is 6.23 Å². The van der Waals surface area contributed by atoms with E-state index in [4.69, 9.17) is 4.74 Å². The topological polar surface area (TPSA) is 32.7 Å². The van der Waals surface area contributed by atoms with Gasteiger partial charge < -0.3 is 9.84 Å². The Labute approximate surface area is 163 Å². The van der Waals surface area contributed by atoms with Gasteiger partial charge in [-0.3, -0.25) is 4.90 Å². The average Bonchev–Trinajstić information content (AvgIpc) is 2.61. The molecule has 0 aromatic rings. The van der Waals surface area contributed by atoms with Crippen molar-refractivity contribution in [2.45, 2.75) is 135 Å². The lowest BCUT2D eigenvalue weighted by molar-refractivity contribution is -0.0228. The zero-order chi connectivity index (χ0) is 19.0. The number of ether oxygens (including phenoxy) is 1. The second-order valence-electron chi connectivity index (χ2n) is 8.76. The highest BCUT2D eigenvalue weighted by Crippen LogP contribution is 2.21. The smallest absolute Gasteiger partial charge is 0.106 e. The quantitative estimate of drug-likeness (QED) is 0.536. The summed E-state index contributed by atoms with van der Waals surface area (Å²) in [6, 6.07) is 0. The van der Waals surface area contributed by atoms with Gasteiger partial charge in [0.05, 0.1) is 12.2 Å². The highest BCUT2D eigenvalue weighted by atomic mass is 16.5. The predicted octanol–water partition coefficient (Wildman–Crippen LogP) is 6.29. The van der Waals surface area contributed by atoms with E-state index in [0.717, 1.165) is 19.3 Å². The molecular formula is C23H47NO2. The van der Waals surface area contributed by atoms with Crippen molar-refractivity contribution in [2.75, 3.05) is 14.1 Å². The van der Waals surface area contributed by atoms with Crippen LogP contribution in [-0.4, -0.2) is 42.5 Å². The first-order chi connectivity index (χ1) is 12.6. The lowest BCUT2D eigenvalue weighted by Gasteiger charge is -2.24. The van der Waals surface area contributed by atoms with Crippen molar-refractivity contribution in [3.63, 3.8) is 0 Å². The first kappa shape index (κ1) is 23.9. The van der Waals surface area contributed by atoms with Crippen molar-refractivity contribution in [2.24, 2.45) is 0 Å². The molecule has 26 heavy (non-hydrogen) atoms. The van der Waals surface area contributed by atoms with E-state index < -0.39 is 0 Å². The summed E-state index contributed by atoms with van der Waals surface area (Å²) in [5.41, 5.74) is 0. The summed E-state index contributed by atoms with van der Waals surface area (Å²) >= 11 is 0. The fourth-order valence-corrected chi connectivity index (χ4v) is 4.03. The molecular weight excluding hydrogens is 322 g/mol. The van der Waals surface area contributed by atoms with Gasteiger partial charge in [-0.25, -0.2) is 0 Å². The van der Waals surface area contributed by atoms with Crippen LogP contribution in [0.2, 0.25) is 0 Å². The molecule has 0 spiro atoms. The van der Waals surface area contributed by atoms with Crippen molar-refractivity contribution in [3.8, 4) is 0 Å². The van der Waals surface area contributed by atoms with Crippen LogP contribution in [0.15, 0.2) is 0 Å². The molecule has 0 saturated heterocycles. The molecule has 1 fully saturated rings. The molecule has 1 aliphatic carbocycles. The van der Waals surface area contributed by atoms with Crippen LogP contribution < -0.4 is 0 Å². The van der Waals surface area contributed by atoms with Gasteiger partial charge in [0.2, 0.25) is 0 Å². The van der Waals surface area contributed by atoms with E-state index in [2.05, 4.69) is 6.92 Å². The number of hydrogen-bond donors (Lipinski definition) is 1. The maximum Gasteiger partial charge on any atom is 0.106 e. The molecule has 0 aromatic heterocycles. The lowest BCUT2D eigenvalue weighted by atomic mass is 10.0. The molecule has 1 N–H and O–H groups in total. The highest BCUT2D eigenvalue weighted by molar-refractivity contribution is 4.64. The summed E-state index contributed by atoms with van der Waals surface area (Å²) in [6.45, 7) is 2.22. The van der Waals surface area contributed by atoms with Crippen molar-refractivity contribution >= 4 is 0 Å². The fourth-order valence-electron chi connectivity index (χ4n) is 4.03. The van der Waals surface area contributed by atoms with Crippen LogP contribution in [0.3, 0.4) is 0 Å². The zero-order valence-electron chi connectivity index (χ0n) is 18.1. The summed E-state index contributed by atoms with van der Waals surface area (Å²) in [7, 11) is 3.86. The van der Waals surface area contributed by atoms with E-state index in [1.165, 1.54) is 89.9 Å². The molecule has 156 valence electrons. The molecule has 1 unspecified atom stereocenters. The Morgan fingerprint density at radius 2 is 1.19 bits per heavy atom. The molecule has 2 atom stereocenters. The second kappa shape index (κ2) is 15.9. The number of aliphatic hydroxyl groups is 1. The maximum absolute atomic E-state index is 9.88. The van der Waals surface area contributed by atoms with Gasteiger partial charge >= 0.3 is 0 Å². The van der Waals surface area contributed by atoms with E-state index in [1.54, 1.807) is 0 Å². The molecule has 0 radical (unpaired) electrons.